The maximum absolute atomic E-state index is 13.8. The number of aryl methyl sites for hydroxylation is 1. The molecule has 0 saturated carbocycles. The molecule has 162 valence electrons. The van der Waals surface area contributed by atoms with E-state index in [-0.39, 0.29) is 5.91 Å². The second-order valence-electron chi connectivity index (χ2n) is 7.73. The SMILES string of the molecule is Cc1c(Cl)ccc2sc(N(Cc3ccccc3)C(=O)C3Oc4ccccc4OC3C)nc12. The summed E-state index contributed by atoms with van der Waals surface area (Å²) in [5.74, 6) is 1.01. The Kier molecular flexibility index (Phi) is 5.49. The summed E-state index contributed by atoms with van der Waals surface area (Å²) in [5.41, 5.74) is 2.71. The van der Waals surface area contributed by atoms with Crippen LogP contribution in [0.4, 0.5) is 5.13 Å². The Morgan fingerprint density at radius 3 is 2.47 bits per heavy atom. The molecule has 0 aliphatic carbocycles. The molecule has 2 heterocycles. The molecule has 0 fully saturated rings. The monoisotopic (exact) mass is 464 g/mol. The number of hydrogen-bond donors (Lipinski definition) is 0. The normalized spacial score (nSPS) is 17.3. The second-order valence-corrected chi connectivity index (χ2v) is 9.15. The molecule has 0 N–H and O–H groups in total. The van der Waals surface area contributed by atoms with Gasteiger partial charge in [-0.05, 0) is 49.2 Å². The lowest BCUT2D eigenvalue weighted by Crippen LogP contribution is -2.50. The lowest BCUT2D eigenvalue weighted by atomic mass is 10.1. The number of aromatic nitrogens is 1. The number of thiazole rings is 1. The minimum absolute atomic E-state index is 0.196. The van der Waals surface area contributed by atoms with E-state index in [0.29, 0.717) is 28.2 Å². The maximum Gasteiger partial charge on any atom is 0.274 e. The number of hydrogen-bond acceptors (Lipinski definition) is 5. The van der Waals surface area contributed by atoms with Gasteiger partial charge in [0.05, 0.1) is 16.8 Å². The number of benzene rings is 3. The molecule has 7 heteroatoms. The first-order chi connectivity index (χ1) is 15.5. The van der Waals surface area contributed by atoms with Crippen molar-refractivity contribution in [1.82, 2.24) is 4.98 Å². The Morgan fingerprint density at radius 1 is 1.03 bits per heavy atom. The quantitative estimate of drug-likeness (QED) is 0.370. The van der Waals surface area contributed by atoms with E-state index < -0.39 is 12.2 Å². The first-order valence-electron chi connectivity index (χ1n) is 10.3. The molecule has 1 aliphatic heterocycles. The van der Waals surface area contributed by atoms with E-state index >= 15 is 0 Å². The topological polar surface area (TPSA) is 51.7 Å². The highest BCUT2D eigenvalue weighted by Crippen LogP contribution is 2.37. The summed E-state index contributed by atoms with van der Waals surface area (Å²) in [6.07, 6.45) is -1.23. The Morgan fingerprint density at radius 2 is 1.72 bits per heavy atom. The van der Waals surface area contributed by atoms with Gasteiger partial charge in [0, 0.05) is 5.02 Å². The molecule has 4 aromatic rings. The zero-order valence-electron chi connectivity index (χ0n) is 17.6. The number of nitrogens with zero attached hydrogens (tertiary/aromatic N) is 2. The van der Waals surface area contributed by atoms with Crippen molar-refractivity contribution in [2.24, 2.45) is 0 Å². The lowest BCUT2D eigenvalue weighted by Gasteiger charge is -2.33. The average molecular weight is 465 g/mol. The van der Waals surface area contributed by atoms with Crippen molar-refractivity contribution in [3.8, 4) is 11.5 Å². The molecule has 5 rings (SSSR count). The highest BCUT2D eigenvalue weighted by Gasteiger charge is 2.38. The van der Waals surface area contributed by atoms with Crippen molar-refractivity contribution >= 4 is 44.2 Å². The minimum atomic E-state index is -0.787. The molecule has 0 radical (unpaired) electrons. The first kappa shape index (κ1) is 20.8. The average Bonchev–Trinajstić information content (AvgIpc) is 3.24. The predicted molar refractivity (Wildman–Crippen MR) is 128 cm³/mol. The first-order valence-corrected chi connectivity index (χ1v) is 11.5. The van der Waals surface area contributed by atoms with Crippen molar-refractivity contribution in [2.75, 3.05) is 4.90 Å². The van der Waals surface area contributed by atoms with Crippen LogP contribution in [0.25, 0.3) is 10.2 Å². The summed E-state index contributed by atoms with van der Waals surface area (Å²) < 4.78 is 13.1. The van der Waals surface area contributed by atoms with Gasteiger partial charge >= 0.3 is 0 Å². The number of fused-ring (bicyclic) bond motifs is 2. The van der Waals surface area contributed by atoms with Crippen LogP contribution in [0.1, 0.15) is 18.1 Å². The van der Waals surface area contributed by atoms with Crippen LogP contribution in [0.5, 0.6) is 11.5 Å². The van der Waals surface area contributed by atoms with E-state index in [0.717, 1.165) is 21.3 Å². The standard InChI is InChI=1S/C25H21ClN2O3S/c1-15-18(26)12-13-21-22(15)27-25(32-21)28(14-17-8-4-3-5-9-17)24(29)23-16(2)30-19-10-6-7-11-20(19)31-23/h3-13,16,23H,14H2,1-2H3. The fourth-order valence-corrected chi connectivity index (χ4v) is 4.94. The largest absolute Gasteiger partial charge is 0.482 e. The number of para-hydroxylation sites is 2. The number of carbonyl (C=O) groups excluding carboxylic acids is 1. The highest BCUT2D eigenvalue weighted by atomic mass is 35.5. The number of ether oxygens (including phenoxy) is 2. The summed E-state index contributed by atoms with van der Waals surface area (Å²) in [6, 6.07) is 21.1. The third-order valence-electron chi connectivity index (χ3n) is 5.50. The van der Waals surface area contributed by atoms with Crippen LogP contribution in [0.3, 0.4) is 0 Å². The van der Waals surface area contributed by atoms with E-state index in [4.69, 9.17) is 26.1 Å². The second kappa shape index (κ2) is 8.45. The molecule has 0 bridgehead atoms. The molecule has 1 amide bonds. The Hall–Kier alpha value is -3.09. The van der Waals surface area contributed by atoms with Gasteiger partial charge in [0.15, 0.2) is 16.6 Å². The zero-order chi connectivity index (χ0) is 22.2. The van der Waals surface area contributed by atoms with Gasteiger partial charge in [-0.2, -0.15) is 0 Å². The van der Waals surface area contributed by atoms with Crippen LogP contribution >= 0.6 is 22.9 Å². The van der Waals surface area contributed by atoms with E-state index in [9.17, 15) is 4.79 Å². The van der Waals surface area contributed by atoms with Gasteiger partial charge in [0.2, 0.25) is 6.10 Å². The molecule has 0 saturated heterocycles. The summed E-state index contributed by atoms with van der Waals surface area (Å²) in [7, 11) is 0. The van der Waals surface area contributed by atoms with Crippen molar-refractivity contribution in [2.45, 2.75) is 32.6 Å². The van der Waals surface area contributed by atoms with E-state index in [1.165, 1.54) is 11.3 Å². The Balaban J connectivity index is 1.54. The number of halogens is 1. The zero-order valence-corrected chi connectivity index (χ0v) is 19.2. The molecule has 2 atom stereocenters. The molecule has 3 aromatic carbocycles. The minimum Gasteiger partial charge on any atom is -0.482 e. The van der Waals surface area contributed by atoms with Crippen LogP contribution in [0.2, 0.25) is 5.02 Å². The van der Waals surface area contributed by atoms with Gasteiger partial charge in [-0.15, -0.1) is 0 Å². The van der Waals surface area contributed by atoms with Gasteiger partial charge in [-0.3, -0.25) is 9.69 Å². The number of anilines is 1. The highest BCUT2D eigenvalue weighted by molar-refractivity contribution is 7.22. The van der Waals surface area contributed by atoms with Crippen LogP contribution in [0.15, 0.2) is 66.7 Å². The molecule has 0 spiro atoms. The molecule has 1 aliphatic rings. The fourth-order valence-electron chi connectivity index (χ4n) is 3.75. The molecule has 5 nitrogen and oxygen atoms in total. The van der Waals surface area contributed by atoms with Crippen LogP contribution in [0, 0.1) is 6.92 Å². The number of amides is 1. The molecular weight excluding hydrogens is 444 g/mol. The predicted octanol–water partition coefficient (Wildman–Crippen LogP) is 6.02. The smallest absolute Gasteiger partial charge is 0.274 e. The number of carbonyl (C=O) groups is 1. The molecule has 2 unspecified atom stereocenters. The van der Waals surface area contributed by atoms with Crippen LogP contribution in [-0.4, -0.2) is 23.1 Å². The lowest BCUT2D eigenvalue weighted by molar-refractivity contribution is -0.130. The van der Waals surface area contributed by atoms with Crippen LogP contribution in [-0.2, 0) is 11.3 Å². The molecular formula is C25H21ClN2O3S. The van der Waals surface area contributed by atoms with Crippen molar-refractivity contribution < 1.29 is 14.3 Å². The maximum atomic E-state index is 13.8. The van der Waals surface area contributed by atoms with Gasteiger partial charge < -0.3 is 9.47 Å². The fraction of sp³-hybridized carbons (Fsp3) is 0.200. The van der Waals surface area contributed by atoms with Crippen molar-refractivity contribution in [3.05, 3.63) is 82.9 Å². The van der Waals surface area contributed by atoms with E-state index in [1.807, 2.05) is 80.6 Å². The third-order valence-corrected chi connectivity index (χ3v) is 6.96. The van der Waals surface area contributed by atoms with Gasteiger partial charge in [-0.25, -0.2) is 4.98 Å². The Labute approximate surface area is 195 Å². The van der Waals surface area contributed by atoms with Gasteiger partial charge in [-0.1, -0.05) is 65.4 Å². The number of rotatable bonds is 4. The van der Waals surface area contributed by atoms with Gasteiger partial charge in [0.1, 0.15) is 6.10 Å². The Bertz CT molecular complexity index is 1290. The third kappa shape index (κ3) is 3.80. The summed E-state index contributed by atoms with van der Waals surface area (Å²) in [5, 5.41) is 1.26. The van der Waals surface area contributed by atoms with Gasteiger partial charge in [0.25, 0.3) is 5.91 Å². The molecule has 32 heavy (non-hydrogen) atoms. The van der Waals surface area contributed by atoms with Crippen molar-refractivity contribution in [1.29, 1.82) is 0 Å². The summed E-state index contributed by atoms with van der Waals surface area (Å²) in [6.45, 7) is 4.16. The molecule has 1 aromatic heterocycles. The van der Waals surface area contributed by atoms with E-state index in [2.05, 4.69) is 0 Å². The van der Waals surface area contributed by atoms with E-state index in [1.54, 1.807) is 4.90 Å². The van der Waals surface area contributed by atoms with Crippen LogP contribution < -0.4 is 14.4 Å². The van der Waals surface area contributed by atoms with Crippen molar-refractivity contribution in [3.63, 3.8) is 0 Å². The summed E-state index contributed by atoms with van der Waals surface area (Å²) >= 11 is 7.77. The summed E-state index contributed by atoms with van der Waals surface area (Å²) in [4.78, 5) is 20.3.